The minimum Gasteiger partial charge on any atom is -0.468 e. The van der Waals surface area contributed by atoms with Crippen LogP contribution in [0, 0.1) is 0 Å². The van der Waals surface area contributed by atoms with E-state index in [1.165, 1.54) is 19.2 Å². The maximum Gasteiger partial charge on any atom is 0.319 e. The van der Waals surface area contributed by atoms with Crippen molar-refractivity contribution in [3.8, 4) is 0 Å². The van der Waals surface area contributed by atoms with E-state index in [0.717, 1.165) is 0 Å². The Kier molecular flexibility index (Phi) is 6.84. The minimum absolute atomic E-state index is 0.00441. The summed E-state index contributed by atoms with van der Waals surface area (Å²) in [7, 11) is 1.28. The number of halogens is 1. The van der Waals surface area contributed by atoms with E-state index in [-0.39, 0.29) is 13.1 Å². The molecular formula is C14H17ClN2O4. The molecular weight excluding hydrogens is 296 g/mol. The summed E-state index contributed by atoms with van der Waals surface area (Å²) in [6, 6.07) is 6.18. The molecule has 6 nitrogen and oxygen atoms in total. The number of carbonyl (C=O) groups is 3. The molecule has 0 aliphatic heterocycles. The van der Waals surface area contributed by atoms with Crippen LogP contribution in [-0.2, 0) is 14.3 Å². The topological polar surface area (TPSA) is 75.7 Å². The standard InChI is InChI=1S/C14H17ClN2O4/c1-3-17(9-13(19)21-2)8-12(18)16-14(20)10-4-6-11(15)7-5-10/h4-7H,3,8-9H2,1-2H3,(H,16,18,20). The predicted molar refractivity (Wildman–Crippen MR) is 78.1 cm³/mol. The molecule has 0 spiro atoms. The van der Waals surface area contributed by atoms with Gasteiger partial charge in [0.2, 0.25) is 5.91 Å². The van der Waals surface area contributed by atoms with Crippen molar-refractivity contribution in [3.63, 3.8) is 0 Å². The molecule has 0 aromatic heterocycles. The van der Waals surface area contributed by atoms with Gasteiger partial charge in [-0.15, -0.1) is 0 Å². The van der Waals surface area contributed by atoms with E-state index >= 15 is 0 Å². The molecule has 1 rings (SSSR count). The number of amides is 2. The van der Waals surface area contributed by atoms with Crippen LogP contribution in [0.2, 0.25) is 5.02 Å². The van der Waals surface area contributed by atoms with Gasteiger partial charge < -0.3 is 4.74 Å². The molecule has 0 radical (unpaired) electrons. The first kappa shape index (κ1) is 17.1. The third kappa shape index (κ3) is 5.93. The molecule has 0 atom stereocenters. The summed E-state index contributed by atoms with van der Waals surface area (Å²) in [4.78, 5) is 36.3. The molecule has 1 aromatic carbocycles. The lowest BCUT2D eigenvalue weighted by atomic mass is 10.2. The van der Waals surface area contributed by atoms with Crippen molar-refractivity contribution in [1.82, 2.24) is 10.2 Å². The molecule has 21 heavy (non-hydrogen) atoms. The van der Waals surface area contributed by atoms with E-state index in [0.29, 0.717) is 17.1 Å². The molecule has 0 aliphatic carbocycles. The molecule has 2 amide bonds. The van der Waals surface area contributed by atoms with Crippen LogP contribution in [0.4, 0.5) is 0 Å². The van der Waals surface area contributed by atoms with Gasteiger partial charge >= 0.3 is 5.97 Å². The highest BCUT2D eigenvalue weighted by atomic mass is 35.5. The summed E-state index contributed by atoms with van der Waals surface area (Å²) in [6.07, 6.45) is 0. The van der Waals surface area contributed by atoms with Crippen molar-refractivity contribution in [2.75, 3.05) is 26.7 Å². The highest BCUT2D eigenvalue weighted by molar-refractivity contribution is 6.30. The van der Waals surface area contributed by atoms with Crippen LogP contribution < -0.4 is 5.32 Å². The number of nitrogens with one attached hydrogen (secondary N) is 1. The average Bonchev–Trinajstić information content (AvgIpc) is 2.46. The second-order valence-electron chi connectivity index (χ2n) is 4.26. The SMILES string of the molecule is CCN(CC(=O)NC(=O)c1ccc(Cl)cc1)CC(=O)OC. The number of hydrogen-bond donors (Lipinski definition) is 1. The lowest BCUT2D eigenvalue weighted by molar-refractivity contribution is -0.142. The maximum absolute atomic E-state index is 11.8. The molecule has 0 bridgehead atoms. The summed E-state index contributed by atoms with van der Waals surface area (Å²) in [5.41, 5.74) is 0.337. The number of rotatable bonds is 6. The summed E-state index contributed by atoms with van der Waals surface area (Å²) in [5, 5.41) is 2.76. The molecule has 1 aromatic rings. The van der Waals surface area contributed by atoms with Crippen molar-refractivity contribution in [2.45, 2.75) is 6.92 Å². The van der Waals surface area contributed by atoms with E-state index in [1.807, 2.05) is 0 Å². The molecule has 0 heterocycles. The number of nitrogens with zero attached hydrogens (tertiary/aromatic N) is 1. The Morgan fingerprint density at radius 2 is 1.81 bits per heavy atom. The third-order valence-electron chi connectivity index (χ3n) is 2.75. The highest BCUT2D eigenvalue weighted by Crippen LogP contribution is 2.09. The molecule has 0 fully saturated rings. The molecule has 0 aliphatic rings. The number of imide groups is 1. The number of ether oxygens (including phenoxy) is 1. The summed E-state index contributed by atoms with van der Waals surface area (Å²) >= 11 is 5.72. The fourth-order valence-electron chi connectivity index (χ4n) is 1.57. The first-order chi connectivity index (χ1) is 9.96. The Balaban J connectivity index is 2.53. The second kappa shape index (κ2) is 8.39. The number of methoxy groups -OCH3 is 1. The lowest BCUT2D eigenvalue weighted by Crippen LogP contribution is -2.42. The van der Waals surface area contributed by atoms with Crippen molar-refractivity contribution in [1.29, 1.82) is 0 Å². The molecule has 0 unspecified atom stereocenters. The molecule has 0 saturated carbocycles. The fourth-order valence-corrected chi connectivity index (χ4v) is 1.70. The van der Waals surface area contributed by atoms with E-state index in [9.17, 15) is 14.4 Å². The van der Waals surface area contributed by atoms with Crippen molar-refractivity contribution < 1.29 is 19.1 Å². The highest BCUT2D eigenvalue weighted by Gasteiger charge is 2.15. The van der Waals surface area contributed by atoms with Crippen LogP contribution in [0.1, 0.15) is 17.3 Å². The van der Waals surface area contributed by atoms with Crippen LogP contribution in [0.15, 0.2) is 24.3 Å². The second-order valence-corrected chi connectivity index (χ2v) is 4.70. The van der Waals surface area contributed by atoms with Gasteiger partial charge in [-0.2, -0.15) is 0 Å². The Morgan fingerprint density at radius 3 is 2.33 bits per heavy atom. The van der Waals surface area contributed by atoms with Gasteiger partial charge in [-0.05, 0) is 30.8 Å². The van der Waals surface area contributed by atoms with E-state index in [2.05, 4.69) is 10.1 Å². The Bertz CT molecular complexity index is 516. The number of hydrogen-bond acceptors (Lipinski definition) is 5. The van der Waals surface area contributed by atoms with Crippen LogP contribution >= 0.6 is 11.6 Å². The van der Waals surface area contributed by atoms with Gasteiger partial charge in [0.05, 0.1) is 20.2 Å². The molecule has 0 saturated heterocycles. The van der Waals surface area contributed by atoms with Gasteiger partial charge in [0.25, 0.3) is 5.91 Å². The van der Waals surface area contributed by atoms with Gasteiger partial charge in [-0.1, -0.05) is 18.5 Å². The lowest BCUT2D eigenvalue weighted by Gasteiger charge is -2.17. The van der Waals surface area contributed by atoms with Crippen molar-refractivity contribution in [3.05, 3.63) is 34.9 Å². The van der Waals surface area contributed by atoms with Crippen molar-refractivity contribution in [2.24, 2.45) is 0 Å². The zero-order chi connectivity index (χ0) is 15.8. The van der Waals surface area contributed by atoms with E-state index < -0.39 is 17.8 Å². The van der Waals surface area contributed by atoms with Crippen LogP contribution in [0.3, 0.4) is 0 Å². The monoisotopic (exact) mass is 312 g/mol. The third-order valence-corrected chi connectivity index (χ3v) is 3.01. The largest absolute Gasteiger partial charge is 0.468 e. The normalized spacial score (nSPS) is 10.3. The van der Waals surface area contributed by atoms with Crippen molar-refractivity contribution >= 4 is 29.4 Å². The Hall–Kier alpha value is -1.92. The summed E-state index contributed by atoms with van der Waals surface area (Å²) < 4.78 is 4.53. The molecule has 7 heteroatoms. The van der Waals surface area contributed by atoms with E-state index in [1.54, 1.807) is 24.0 Å². The fraction of sp³-hybridized carbons (Fsp3) is 0.357. The quantitative estimate of drug-likeness (QED) is 0.796. The smallest absolute Gasteiger partial charge is 0.319 e. The number of likely N-dealkylation sites (N-methyl/N-ethyl adjacent to an activating group) is 1. The molecule has 1 N–H and O–H groups in total. The minimum atomic E-state index is -0.509. The summed E-state index contributed by atoms with van der Waals surface area (Å²) in [5.74, 6) is -1.43. The number of carbonyl (C=O) groups excluding carboxylic acids is 3. The van der Waals surface area contributed by atoms with Gasteiger partial charge in [-0.3, -0.25) is 24.6 Å². The Labute approximate surface area is 128 Å². The number of esters is 1. The maximum atomic E-state index is 11.8. The van der Waals surface area contributed by atoms with Gasteiger partial charge in [0, 0.05) is 10.6 Å². The van der Waals surface area contributed by atoms with Gasteiger partial charge in [0.1, 0.15) is 0 Å². The van der Waals surface area contributed by atoms with Crippen LogP contribution in [-0.4, -0.2) is 49.4 Å². The predicted octanol–water partition coefficient (Wildman–Crippen LogP) is 1.09. The Morgan fingerprint density at radius 1 is 1.19 bits per heavy atom. The zero-order valence-electron chi connectivity index (χ0n) is 11.9. The average molecular weight is 313 g/mol. The van der Waals surface area contributed by atoms with Gasteiger partial charge in [-0.25, -0.2) is 0 Å². The zero-order valence-corrected chi connectivity index (χ0v) is 12.6. The van der Waals surface area contributed by atoms with Crippen LogP contribution in [0.25, 0.3) is 0 Å². The first-order valence-corrected chi connectivity index (χ1v) is 6.73. The van der Waals surface area contributed by atoms with Crippen LogP contribution in [0.5, 0.6) is 0 Å². The summed E-state index contributed by atoms with van der Waals surface area (Å²) in [6.45, 7) is 2.22. The van der Waals surface area contributed by atoms with Gasteiger partial charge in [0.15, 0.2) is 0 Å². The molecule has 114 valence electrons. The first-order valence-electron chi connectivity index (χ1n) is 6.35. The number of benzene rings is 1. The van der Waals surface area contributed by atoms with E-state index in [4.69, 9.17) is 11.6 Å².